The summed E-state index contributed by atoms with van der Waals surface area (Å²) >= 11 is 0. The zero-order valence-corrected chi connectivity index (χ0v) is 15.7. The Morgan fingerprint density at radius 1 is 1.11 bits per heavy atom. The number of nitrogens with one attached hydrogen (secondary N) is 1. The Bertz CT molecular complexity index is 1060. The summed E-state index contributed by atoms with van der Waals surface area (Å²) in [6, 6.07) is 15.0. The molecular weight excluding hydrogens is 366 g/mol. The number of carbonyl (C=O) groups excluding carboxylic acids is 1. The molecule has 1 heterocycles. The lowest BCUT2D eigenvalue weighted by Gasteiger charge is -2.14. The maximum absolute atomic E-state index is 12.6. The fourth-order valence-corrected chi connectivity index (χ4v) is 3.12. The van der Waals surface area contributed by atoms with Crippen molar-refractivity contribution in [2.45, 2.75) is 24.8 Å². The van der Waals surface area contributed by atoms with Crippen LogP contribution in [0.1, 0.15) is 34.8 Å². The summed E-state index contributed by atoms with van der Waals surface area (Å²) in [5.74, 6) is 0.424. The van der Waals surface area contributed by atoms with E-state index in [1.807, 2.05) is 30.3 Å². The number of hydrogen-bond acceptors (Lipinski definition) is 5. The Labute approximate surface area is 157 Å². The number of nitrogens with zero attached hydrogens (tertiary/aromatic N) is 1. The third kappa shape index (κ3) is 4.24. The average molecular weight is 385 g/mol. The van der Waals surface area contributed by atoms with Gasteiger partial charge < -0.3 is 9.73 Å². The number of carbonyl (C=O) groups is 1. The normalized spacial score (nSPS) is 12.6. The number of rotatable bonds is 5. The van der Waals surface area contributed by atoms with E-state index in [2.05, 4.69) is 10.3 Å². The fourth-order valence-electron chi connectivity index (χ4n) is 2.61. The highest BCUT2D eigenvalue weighted by Crippen LogP contribution is 2.22. The van der Waals surface area contributed by atoms with E-state index in [-0.39, 0.29) is 22.5 Å². The van der Waals surface area contributed by atoms with E-state index in [9.17, 15) is 13.2 Å². The van der Waals surface area contributed by atoms with Gasteiger partial charge >= 0.3 is 0 Å². The Hall–Kier alpha value is -2.97. The number of nitrogens with two attached hydrogens (primary N) is 1. The van der Waals surface area contributed by atoms with Crippen molar-refractivity contribution in [2.24, 2.45) is 5.14 Å². The van der Waals surface area contributed by atoms with E-state index in [0.29, 0.717) is 11.7 Å². The summed E-state index contributed by atoms with van der Waals surface area (Å²) in [5.41, 5.74) is 1.73. The first-order valence-corrected chi connectivity index (χ1v) is 9.77. The van der Waals surface area contributed by atoms with E-state index in [4.69, 9.17) is 9.56 Å². The monoisotopic (exact) mass is 385 g/mol. The number of primary sulfonamides is 1. The van der Waals surface area contributed by atoms with Gasteiger partial charge in [-0.05, 0) is 43.7 Å². The van der Waals surface area contributed by atoms with Gasteiger partial charge in [-0.25, -0.2) is 18.5 Å². The minimum Gasteiger partial charge on any atom is -0.441 e. The summed E-state index contributed by atoms with van der Waals surface area (Å²) < 4.78 is 28.3. The minimum absolute atomic E-state index is 0.0182. The largest absolute Gasteiger partial charge is 0.441 e. The topological polar surface area (TPSA) is 115 Å². The van der Waals surface area contributed by atoms with E-state index in [0.717, 1.165) is 11.1 Å². The predicted molar refractivity (Wildman–Crippen MR) is 100 cm³/mol. The van der Waals surface area contributed by atoms with Gasteiger partial charge in [-0.2, -0.15) is 0 Å². The van der Waals surface area contributed by atoms with Crippen molar-refractivity contribution < 1.29 is 17.6 Å². The third-order valence-electron chi connectivity index (χ3n) is 4.09. The molecule has 0 saturated carbocycles. The van der Waals surface area contributed by atoms with Crippen molar-refractivity contribution in [3.63, 3.8) is 0 Å². The second-order valence-electron chi connectivity index (χ2n) is 6.10. The number of aryl methyl sites for hydroxylation is 1. The SMILES string of the molecule is Cc1oc(-c2ccccc2)nc1C(=O)N[C@@H](C)c1ccc(S(N)(=O)=O)cc1. The van der Waals surface area contributed by atoms with E-state index in [1.165, 1.54) is 12.1 Å². The molecule has 8 heteroatoms. The first kappa shape index (κ1) is 18.8. The summed E-state index contributed by atoms with van der Waals surface area (Å²) in [6.45, 7) is 3.47. The molecular formula is C19H19N3O4S. The lowest BCUT2D eigenvalue weighted by atomic mass is 10.1. The smallest absolute Gasteiger partial charge is 0.274 e. The van der Waals surface area contributed by atoms with Crippen LogP contribution in [0.5, 0.6) is 0 Å². The predicted octanol–water partition coefficient (Wildman–Crippen LogP) is 2.79. The van der Waals surface area contributed by atoms with Gasteiger partial charge in [0.05, 0.1) is 10.9 Å². The summed E-state index contributed by atoms with van der Waals surface area (Å²) in [5, 5.41) is 7.92. The Morgan fingerprint density at radius 3 is 2.33 bits per heavy atom. The van der Waals surface area contributed by atoms with Crippen LogP contribution in [0, 0.1) is 6.92 Å². The van der Waals surface area contributed by atoms with Crippen LogP contribution >= 0.6 is 0 Å². The molecule has 3 rings (SSSR count). The first-order chi connectivity index (χ1) is 12.8. The van der Waals surface area contributed by atoms with Gasteiger partial charge in [-0.3, -0.25) is 4.79 Å². The highest BCUT2D eigenvalue weighted by molar-refractivity contribution is 7.89. The maximum Gasteiger partial charge on any atom is 0.274 e. The number of amides is 1. The van der Waals surface area contributed by atoms with E-state index in [1.54, 1.807) is 26.0 Å². The highest BCUT2D eigenvalue weighted by Gasteiger charge is 2.20. The van der Waals surface area contributed by atoms with Crippen molar-refractivity contribution in [3.05, 3.63) is 71.6 Å². The van der Waals surface area contributed by atoms with E-state index < -0.39 is 10.0 Å². The van der Waals surface area contributed by atoms with Gasteiger partial charge in [0.25, 0.3) is 5.91 Å². The Morgan fingerprint density at radius 2 is 1.74 bits per heavy atom. The van der Waals surface area contributed by atoms with Crippen LogP contribution in [0.4, 0.5) is 0 Å². The molecule has 0 aliphatic carbocycles. The van der Waals surface area contributed by atoms with Crippen molar-refractivity contribution in [3.8, 4) is 11.5 Å². The molecule has 140 valence electrons. The Balaban J connectivity index is 1.76. The minimum atomic E-state index is -3.75. The number of sulfonamides is 1. The first-order valence-electron chi connectivity index (χ1n) is 8.22. The van der Waals surface area contributed by atoms with Crippen molar-refractivity contribution in [1.29, 1.82) is 0 Å². The van der Waals surface area contributed by atoms with Crippen LogP contribution in [-0.2, 0) is 10.0 Å². The molecule has 7 nitrogen and oxygen atoms in total. The molecule has 1 aromatic heterocycles. The maximum atomic E-state index is 12.6. The number of oxazole rings is 1. The van der Waals surface area contributed by atoms with Crippen molar-refractivity contribution >= 4 is 15.9 Å². The molecule has 1 atom stereocenters. The lowest BCUT2D eigenvalue weighted by Crippen LogP contribution is -2.27. The molecule has 0 spiro atoms. The van der Waals surface area contributed by atoms with Crippen molar-refractivity contribution in [1.82, 2.24) is 10.3 Å². The van der Waals surface area contributed by atoms with Gasteiger partial charge in [0, 0.05) is 5.56 Å². The fraction of sp³-hybridized carbons (Fsp3) is 0.158. The molecule has 0 aliphatic rings. The summed E-state index contributed by atoms with van der Waals surface area (Å²) in [4.78, 5) is 16.9. The molecule has 3 N–H and O–H groups in total. The van der Waals surface area contributed by atoms with Crippen LogP contribution in [0.15, 0.2) is 63.9 Å². The Kier molecular flexibility index (Phi) is 5.11. The second kappa shape index (κ2) is 7.34. The molecule has 0 unspecified atom stereocenters. The molecule has 0 saturated heterocycles. The van der Waals surface area contributed by atoms with Crippen LogP contribution in [0.25, 0.3) is 11.5 Å². The molecule has 1 amide bonds. The lowest BCUT2D eigenvalue weighted by molar-refractivity contribution is 0.0934. The van der Waals surface area contributed by atoms with Crippen molar-refractivity contribution in [2.75, 3.05) is 0 Å². The third-order valence-corrected chi connectivity index (χ3v) is 5.02. The van der Waals surface area contributed by atoms with E-state index >= 15 is 0 Å². The summed E-state index contributed by atoms with van der Waals surface area (Å²) in [7, 11) is -3.75. The quantitative estimate of drug-likeness (QED) is 0.701. The van der Waals surface area contributed by atoms with Gasteiger partial charge in [0.2, 0.25) is 15.9 Å². The molecule has 0 aliphatic heterocycles. The van der Waals surface area contributed by atoms with Crippen LogP contribution in [-0.4, -0.2) is 19.3 Å². The number of aromatic nitrogens is 1. The molecule has 3 aromatic rings. The van der Waals surface area contributed by atoms with Crippen LogP contribution in [0.3, 0.4) is 0 Å². The molecule has 2 aromatic carbocycles. The van der Waals surface area contributed by atoms with Gasteiger partial charge in [0.1, 0.15) is 5.76 Å². The molecule has 0 fully saturated rings. The summed E-state index contributed by atoms with van der Waals surface area (Å²) in [6.07, 6.45) is 0. The standard InChI is InChI=1S/C19H19N3O4S/c1-12(14-8-10-16(11-9-14)27(20,24)25)21-18(23)17-13(2)26-19(22-17)15-6-4-3-5-7-15/h3-12H,1-2H3,(H,21,23)(H2,20,24,25)/t12-/m0/s1. The highest BCUT2D eigenvalue weighted by atomic mass is 32.2. The van der Waals surface area contributed by atoms with Crippen LogP contribution in [0.2, 0.25) is 0 Å². The zero-order valence-electron chi connectivity index (χ0n) is 14.8. The van der Waals surface area contributed by atoms with Gasteiger partial charge in [0.15, 0.2) is 5.69 Å². The molecule has 0 bridgehead atoms. The van der Waals surface area contributed by atoms with Gasteiger partial charge in [-0.15, -0.1) is 0 Å². The molecule has 27 heavy (non-hydrogen) atoms. The van der Waals surface area contributed by atoms with Gasteiger partial charge in [-0.1, -0.05) is 30.3 Å². The van der Waals surface area contributed by atoms with Crippen LogP contribution < -0.4 is 10.5 Å². The average Bonchev–Trinajstić information content (AvgIpc) is 3.04. The number of hydrogen-bond donors (Lipinski definition) is 2. The number of benzene rings is 2. The molecule has 0 radical (unpaired) electrons. The zero-order chi connectivity index (χ0) is 19.6. The second-order valence-corrected chi connectivity index (χ2v) is 7.66.